The van der Waals surface area contributed by atoms with Crippen LogP contribution < -0.4 is 0 Å². The average molecular weight is 296 g/mol. The topological polar surface area (TPSA) is 44.2 Å². The van der Waals surface area contributed by atoms with E-state index in [1.165, 1.54) is 7.98 Å². The standard InChI is InChI=1S/C8H3BCl4N2O/c9-15-7(14)1-2(8(15)16)4(11)6(13)5(12)3(1)10/h14H,9H2. The van der Waals surface area contributed by atoms with E-state index in [9.17, 15) is 4.79 Å². The number of carbonyl (C=O) groups is 1. The van der Waals surface area contributed by atoms with Crippen LogP contribution in [0, 0.1) is 5.41 Å². The molecule has 0 bridgehead atoms. The Labute approximate surface area is 112 Å². The van der Waals surface area contributed by atoms with Gasteiger partial charge in [0.15, 0.2) is 0 Å². The number of amides is 1. The van der Waals surface area contributed by atoms with Crippen molar-refractivity contribution < 1.29 is 4.79 Å². The maximum absolute atomic E-state index is 11.8. The van der Waals surface area contributed by atoms with Crippen LogP contribution in [0.15, 0.2) is 0 Å². The molecule has 0 radical (unpaired) electrons. The first-order chi connectivity index (χ1) is 7.37. The van der Waals surface area contributed by atoms with Gasteiger partial charge in [-0.25, -0.2) is 0 Å². The molecule has 8 heteroatoms. The summed E-state index contributed by atoms with van der Waals surface area (Å²) in [5.74, 6) is -0.448. The van der Waals surface area contributed by atoms with Gasteiger partial charge in [-0.05, 0) is 0 Å². The fraction of sp³-hybridized carbons (Fsp3) is 0. The third-order valence-corrected chi connectivity index (χ3v) is 4.16. The Balaban J connectivity index is 2.91. The fourth-order valence-corrected chi connectivity index (χ4v) is 2.51. The summed E-state index contributed by atoms with van der Waals surface area (Å²) in [6.45, 7) is 0. The molecule has 1 amide bonds. The molecule has 82 valence electrons. The summed E-state index contributed by atoms with van der Waals surface area (Å²) in [5.41, 5.74) is 0.363. The van der Waals surface area contributed by atoms with Crippen LogP contribution in [0.4, 0.5) is 0 Å². The van der Waals surface area contributed by atoms with E-state index in [4.69, 9.17) is 51.8 Å². The van der Waals surface area contributed by atoms with E-state index in [0.29, 0.717) is 0 Å². The highest BCUT2D eigenvalue weighted by molar-refractivity contribution is 6.56. The Kier molecular flexibility index (Phi) is 2.87. The minimum absolute atomic E-state index is 0.0310. The van der Waals surface area contributed by atoms with Gasteiger partial charge in [0.25, 0.3) is 0 Å². The number of fused-ring (bicyclic) bond motifs is 1. The zero-order chi connectivity index (χ0) is 12.2. The average Bonchev–Trinajstić information content (AvgIpc) is 2.48. The Morgan fingerprint density at radius 1 is 0.938 bits per heavy atom. The predicted octanol–water partition coefficient (Wildman–Crippen LogP) is 2.63. The highest BCUT2D eigenvalue weighted by Crippen LogP contribution is 2.44. The number of carbonyl (C=O) groups excluding carboxylic acids is 1. The molecule has 0 aromatic heterocycles. The van der Waals surface area contributed by atoms with Gasteiger partial charge in [0.1, 0.15) is 5.84 Å². The zero-order valence-corrected chi connectivity index (χ0v) is 10.9. The second-order valence-electron chi connectivity index (χ2n) is 3.22. The molecule has 0 atom stereocenters. The van der Waals surface area contributed by atoms with Crippen molar-refractivity contribution in [2.45, 2.75) is 0 Å². The predicted molar refractivity (Wildman–Crippen MR) is 68.0 cm³/mol. The summed E-state index contributed by atoms with van der Waals surface area (Å²) in [6.07, 6.45) is 0. The number of halogens is 4. The highest BCUT2D eigenvalue weighted by Gasteiger charge is 2.36. The van der Waals surface area contributed by atoms with Gasteiger partial charge >= 0.3 is 0 Å². The normalized spacial score (nSPS) is 14.6. The second kappa shape index (κ2) is 3.81. The first-order valence-corrected chi connectivity index (χ1v) is 5.62. The van der Waals surface area contributed by atoms with Crippen molar-refractivity contribution in [1.82, 2.24) is 4.81 Å². The van der Waals surface area contributed by atoms with Gasteiger partial charge in [-0.1, -0.05) is 46.4 Å². The molecule has 2 rings (SSSR count). The molecule has 1 N–H and O–H groups in total. The Hall–Kier alpha value is -0.415. The molecule has 0 aliphatic carbocycles. The molecule has 0 saturated heterocycles. The van der Waals surface area contributed by atoms with Crippen LogP contribution in [0.2, 0.25) is 20.1 Å². The monoisotopic (exact) mass is 294 g/mol. The van der Waals surface area contributed by atoms with E-state index in [-0.39, 0.29) is 37.1 Å². The van der Waals surface area contributed by atoms with Gasteiger partial charge < -0.3 is 4.81 Å². The molecule has 1 aromatic rings. The van der Waals surface area contributed by atoms with Crippen LogP contribution in [-0.2, 0) is 0 Å². The molecule has 1 aromatic carbocycles. The number of hydrogen-bond donors (Lipinski definition) is 1. The van der Waals surface area contributed by atoms with E-state index in [2.05, 4.69) is 0 Å². The summed E-state index contributed by atoms with van der Waals surface area (Å²) in [6, 6.07) is 0. The minimum Gasteiger partial charge on any atom is -0.346 e. The van der Waals surface area contributed by atoms with Crippen molar-refractivity contribution in [1.29, 1.82) is 5.41 Å². The number of benzene rings is 1. The fourth-order valence-electron chi connectivity index (χ4n) is 1.49. The van der Waals surface area contributed by atoms with Crippen LogP contribution in [0.3, 0.4) is 0 Å². The molecule has 0 unspecified atom stereocenters. The minimum atomic E-state index is -0.412. The number of rotatable bonds is 0. The summed E-state index contributed by atoms with van der Waals surface area (Å²) >= 11 is 23.6. The molecule has 1 aliphatic heterocycles. The van der Waals surface area contributed by atoms with Crippen molar-refractivity contribution in [3.8, 4) is 0 Å². The van der Waals surface area contributed by atoms with E-state index < -0.39 is 5.91 Å². The molecule has 16 heavy (non-hydrogen) atoms. The summed E-state index contributed by atoms with van der Waals surface area (Å²) in [5, 5.41) is 7.93. The van der Waals surface area contributed by atoms with Crippen LogP contribution in [0.1, 0.15) is 15.9 Å². The number of amidine groups is 1. The number of nitrogens with zero attached hydrogens (tertiary/aromatic N) is 1. The van der Waals surface area contributed by atoms with Crippen molar-refractivity contribution in [2.75, 3.05) is 0 Å². The molecular formula is C8H3BCl4N2O. The molecule has 0 saturated carbocycles. The quantitative estimate of drug-likeness (QED) is 0.446. The van der Waals surface area contributed by atoms with E-state index in [0.717, 1.165) is 4.81 Å². The second-order valence-corrected chi connectivity index (χ2v) is 4.73. The maximum Gasteiger partial charge on any atom is 0.249 e. The van der Waals surface area contributed by atoms with Crippen molar-refractivity contribution in [2.24, 2.45) is 0 Å². The number of hydrogen-bond acceptors (Lipinski definition) is 2. The third-order valence-electron chi connectivity index (χ3n) is 2.36. The summed E-state index contributed by atoms with van der Waals surface area (Å²) < 4.78 is 0. The molecule has 0 spiro atoms. The van der Waals surface area contributed by atoms with Crippen LogP contribution in [0.5, 0.6) is 0 Å². The van der Waals surface area contributed by atoms with Crippen LogP contribution >= 0.6 is 46.4 Å². The molecule has 1 aliphatic rings. The number of nitrogens with one attached hydrogen (secondary N) is 1. The van der Waals surface area contributed by atoms with Crippen molar-refractivity contribution in [3.05, 3.63) is 31.2 Å². The van der Waals surface area contributed by atoms with Gasteiger partial charge in [-0.2, -0.15) is 0 Å². The largest absolute Gasteiger partial charge is 0.346 e. The van der Waals surface area contributed by atoms with Crippen LogP contribution in [0.25, 0.3) is 0 Å². The molecule has 3 nitrogen and oxygen atoms in total. The summed E-state index contributed by atoms with van der Waals surface area (Å²) in [4.78, 5) is 12.9. The SMILES string of the molecule is BN1C(=N)c2c(Cl)c(Cl)c(Cl)c(Cl)c2C1=O. The first kappa shape index (κ1) is 12.1. The van der Waals surface area contributed by atoms with Gasteiger partial charge in [-0.15, -0.1) is 0 Å². The lowest BCUT2D eigenvalue weighted by atomic mass is 10.1. The lowest BCUT2D eigenvalue weighted by molar-refractivity contribution is 0.0923. The lowest BCUT2D eigenvalue weighted by Crippen LogP contribution is -2.26. The molecule has 0 fully saturated rings. The Bertz CT molecular complexity index is 499. The van der Waals surface area contributed by atoms with Gasteiger partial charge in [-0.3, -0.25) is 10.2 Å². The van der Waals surface area contributed by atoms with E-state index in [1.807, 2.05) is 0 Å². The highest BCUT2D eigenvalue weighted by atomic mass is 35.5. The third kappa shape index (κ3) is 1.37. The van der Waals surface area contributed by atoms with Gasteiger partial charge in [0.2, 0.25) is 13.9 Å². The van der Waals surface area contributed by atoms with E-state index in [1.54, 1.807) is 0 Å². The smallest absolute Gasteiger partial charge is 0.249 e. The van der Waals surface area contributed by atoms with Crippen molar-refractivity contribution >= 4 is 66.1 Å². The molecular weight excluding hydrogens is 293 g/mol. The Morgan fingerprint density at radius 2 is 1.38 bits per heavy atom. The van der Waals surface area contributed by atoms with Gasteiger partial charge in [0, 0.05) is 0 Å². The summed E-state index contributed by atoms with van der Waals surface area (Å²) in [7, 11) is 1.46. The first-order valence-electron chi connectivity index (χ1n) is 4.10. The molecule has 1 heterocycles. The maximum atomic E-state index is 11.8. The Morgan fingerprint density at radius 3 is 1.88 bits per heavy atom. The zero-order valence-electron chi connectivity index (χ0n) is 7.87. The van der Waals surface area contributed by atoms with E-state index >= 15 is 0 Å². The van der Waals surface area contributed by atoms with Gasteiger partial charge in [0.05, 0.1) is 31.2 Å². The van der Waals surface area contributed by atoms with Crippen molar-refractivity contribution in [3.63, 3.8) is 0 Å². The van der Waals surface area contributed by atoms with Crippen LogP contribution in [-0.4, -0.2) is 24.5 Å². The lowest BCUT2D eigenvalue weighted by Gasteiger charge is -2.08.